The van der Waals surface area contributed by atoms with Crippen LogP contribution in [-0.4, -0.2) is 36.2 Å². The highest BCUT2D eigenvalue weighted by Crippen LogP contribution is 2.26. The van der Waals surface area contributed by atoms with E-state index in [0.29, 0.717) is 5.69 Å². The molecule has 0 radical (unpaired) electrons. The maximum atomic E-state index is 12.0. The molecular weight excluding hydrogens is 370 g/mol. The van der Waals surface area contributed by atoms with E-state index in [1.54, 1.807) is 30.3 Å². The highest BCUT2D eigenvalue weighted by Gasteiger charge is 2.20. The van der Waals surface area contributed by atoms with E-state index in [4.69, 9.17) is 14.4 Å². The number of ether oxygens (including phenoxy) is 1. The van der Waals surface area contributed by atoms with E-state index < -0.39 is 30.4 Å². The average Bonchev–Trinajstić information content (AvgIpc) is 3.20. The Morgan fingerprint density at radius 1 is 1.26 bits per heavy atom. The third-order valence-electron chi connectivity index (χ3n) is 3.25. The first-order chi connectivity index (χ1) is 13.0. The third-order valence-corrected chi connectivity index (χ3v) is 4.19. The molecule has 1 heterocycles. The molecule has 0 aliphatic rings. The van der Waals surface area contributed by atoms with Crippen LogP contribution in [0.1, 0.15) is 17.5 Å². The summed E-state index contributed by atoms with van der Waals surface area (Å²) in [5, 5.41) is 13.7. The monoisotopic (exact) mass is 387 g/mol. The number of anilines is 1. The number of hydrogen-bond donors (Lipinski definition) is 2. The zero-order valence-electron chi connectivity index (χ0n) is 14.4. The first kappa shape index (κ1) is 20.1. The van der Waals surface area contributed by atoms with Crippen molar-refractivity contribution < 1.29 is 23.5 Å². The number of hydrogen-bond acceptors (Lipinski definition) is 7. The molecule has 0 aliphatic heterocycles. The van der Waals surface area contributed by atoms with Crippen LogP contribution in [-0.2, 0) is 14.3 Å². The van der Waals surface area contributed by atoms with Gasteiger partial charge in [-0.25, -0.2) is 4.79 Å². The first-order valence-electron chi connectivity index (χ1n) is 7.91. The van der Waals surface area contributed by atoms with Gasteiger partial charge in [0.25, 0.3) is 11.8 Å². The summed E-state index contributed by atoms with van der Waals surface area (Å²) in [6.07, 6.45) is 1.34. The topological polar surface area (TPSA) is 121 Å². The number of benzene rings is 1. The van der Waals surface area contributed by atoms with Gasteiger partial charge >= 0.3 is 5.97 Å². The fraction of sp³-hybridized carbons (Fsp3) is 0.222. The van der Waals surface area contributed by atoms with Gasteiger partial charge in [0.05, 0.1) is 23.8 Å². The molecule has 27 heavy (non-hydrogen) atoms. The van der Waals surface area contributed by atoms with Gasteiger partial charge < -0.3 is 19.8 Å². The molecule has 1 atom stereocenters. The van der Waals surface area contributed by atoms with Crippen LogP contribution in [0.15, 0.2) is 52.0 Å². The molecule has 2 amide bonds. The Morgan fingerprint density at radius 3 is 2.74 bits per heavy atom. The summed E-state index contributed by atoms with van der Waals surface area (Å²) < 4.78 is 9.85. The van der Waals surface area contributed by atoms with E-state index in [9.17, 15) is 14.4 Å². The first-order valence-corrected chi connectivity index (χ1v) is 8.89. The van der Waals surface area contributed by atoms with E-state index in [0.717, 1.165) is 4.90 Å². The molecule has 0 saturated carbocycles. The lowest BCUT2D eigenvalue weighted by molar-refractivity contribution is -0.148. The lowest BCUT2D eigenvalue weighted by atomic mass is 10.3. The Morgan fingerprint density at radius 2 is 2.04 bits per heavy atom. The minimum absolute atomic E-state index is 0.0684. The summed E-state index contributed by atoms with van der Waals surface area (Å²) in [5.41, 5.74) is 0.526. The maximum absolute atomic E-state index is 12.0. The largest absolute Gasteiger partial charge is 0.459 e. The van der Waals surface area contributed by atoms with Gasteiger partial charge in [0.1, 0.15) is 6.04 Å². The molecule has 0 aliphatic carbocycles. The summed E-state index contributed by atoms with van der Waals surface area (Å²) in [4.78, 5) is 36.5. The summed E-state index contributed by atoms with van der Waals surface area (Å²) in [7, 11) is 0. The van der Waals surface area contributed by atoms with Crippen molar-refractivity contribution in [1.29, 1.82) is 5.26 Å². The molecule has 140 valence electrons. The Hall–Kier alpha value is -3.25. The van der Waals surface area contributed by atoms with Gasteiger partial charge in [0, 0.05) is 4.90 Å². The number of nitrogens with zero attached hydrogens (tertiary/aromatic N) is 1. The smallest absolute Gasteiger partial charge is 0.328 e. The van der Waals surface area contributed by atoms with Crippen LogP contribution in [0.5, 0.6) is 0 Å². The van der Waals surface area contributed by atoms with Crippen molar-refractivity contribution >= 4 is 35.2 Å². The van der Waals surface area contributed by atoms with Crippen molar-refractivity contribution in [2.45, 2.75) is 17.9 Å². The molecule has 0 unspecified atom stereocenters. The standard InChI is InChI=1S/C18H17N3O5S/c1-12(20-17(23)14-6-4-9-25-14)18(24)26-11-16(22)21-13-5-2-3-7-15(13)27-10-8-19/h2-7,9,12H,10-11H2,1H3,(H,20,23)(H,21,22)/t12-/m0/s1. The van der Waals surface area contributed by atoms with Crippen molar-refractivity contribution in [2.75, 3.05) is 17.7 Å². The molecule has 8 nitrogen and oxygen atoms in total. The van der Waals surface area contributed by atoms with Gasteiger partial charge in [0.2, 0.25) is 0 Å². The van der Waals surface area contributed by atoms with E-state index in [1.807, 2.05) is 6.07 Å². The van der Waals surface area contributed by atoms with Crippen LogP contribution >= 0.6 is 11.8 Å². The van der Waals surface area contributed by atoms with Gasteiger partial charge in [-0.2, -0.15) is 5.26 Å². The van der Waals surface area contributed by atoms with Crippen LogP contribution in [0.4, 0.5) is 5.69 Å². The lowest BCUT2D eigenvalue weighted by Gasteiger charge is -2.13. The van der Waals surface area contributed by atoms with Gasteiger partial charge in [0.15, 0.2) is 12.4 Å². The highest BCUT2D eigenvalue weighted by molar-refractivity contribution is 7.99. The lowest BCUT2D eigenvalue weighted by Crippen LogP contribution is -2.40. The van der Waals surface area contributed by atoms with Crippen molar-refractivity contribution in [3.63, 3.8) is 0 Å². The van der Waals surface area contributed by atoms with Crippen LogP contribution in [0.2, 0.25) is 0 Å². The van der Waals surface area contributed by atoms with Crippen molar-refractivity contribution in [3.05, 3.63) is 48.4 Å². The highest BCUT2D eigenvalue weighted by atomic mass is 32.2. The normalized spacial score (nSPS) is 11.1. The molecule has 1 aromatic carbocycles. The third kappa shape index (κ3) is 6.20. The number of thioether (sulfide) groups is 1. The average molecular weight is 387 g/mol. The van der Waals surface area contributed by atoms with Crippen molar-refractivity contribution in [2.24, 2.45) is 0 Å². The SMILES string of the molecule is C[C@H](NC(=O)c1ccco1)C(=O)OCC(=O)Nc1ccccc1SCC#N. The van der Waals surface area contributed by atoms with Gasteiger partial charge in [-0.3, -0.25) is 9.59 Å². The Labute approximate surface area is 159 Å². The Balaban J connectivity index is 1.82. The van der Waals surface area contributed by atoms with Crippen LogP contribution in [0.25, 0.3) is 0 Å². The molecule has 9 heteroatoms. The quantitative estimate of drug-likeness (QED) is 0.526. The molecule has 0 saturated heterocycles. The van der Waals surface area contributed by atoms with Crippen molar-refractivity contribution in [3.8, 4) is 6.07 Å². The number of amides is 2. The van der Waals surface area contributed by atoms with E-state index in [1.165, 1.54) is 31.0 Å². The molecular formula is C18H17N3O5S. The second kappa shape index (κ2) is 10.0. The summed E-state index contributed by atoms with van der Waals surface area (Å²) in [6.45, 7) is 0.936. The number of carbonyl (C=O) groups excluding carboxylic acids is 3. The molecule has 2 N–H and O–H groups in total. The number of nitriles is 1. The zero-order valence-corrected chi connectivity index (χ0v) is 15.2. The fourth-order valence-corrected chi connectivity index (χ4v) is 2.66. The molecule has 0 bridgehead atoms. The second-order valence-corrected chi connectivity index (χ2v) is 6.29. The zero-order chi connectivity index (χ0) is 19.6. The minimum atomic E-state index is -0.950. The summed E-state index contributed by atoms with van der Waals surface area (Å²) >= 11 is 1.28. The molecule has 0 fully saturated rings. The molecule has 2 aromatic rings. The van der Waals surface area contributed by atoms with Crippen molar-refractivity contribution in [1.82, 2.24) is 5.32 Å². The van der Waals surface area contributed by atoms with Gasteiger partial charge in [-0.05, 0) is 31.2 Å². The number of para-hydroxylation sites is 1. The second-order valence-electron chi connectivity index (χ2n) is 5.27. The van der Waals surface area contributed by atoms with E-state index in [-0.39, 0.29) is 11.5 Å². The van der Waals surface area contributed by atoms with Gasteiger partial charge in [-0.1, -0.05) is 12.1 Å². The van der Waals surface area contributed by atoms with Crippen LogP contribution in [0, 0.1) is 11.3 Å². The van der Waals surface area contributed by atoms with Crippen LogP contribution < -0.4 is 10.6 Å². The Kier molecular flexibility index (Phi) is 7.46. The number of rotatable bonds is 8. The van der Waals surface area contributed by atoms with E-state index >= 15 is 0 Å². The number of furan rings is 1. The fourth-order valence-electron chi connectivity index (χ4n) is 1.99. The van der Waals surface area contributed by atoms with Crippen LogP contribution in [0.3, 0.4) is 0 Å². The molecule has 2 rings (SSSR count). The Bertz CT molecular complexity index is 845. The summed E-state index contributed by atoms with van der Waals surface area (Å²) in [6, 6.07) is 11.1. The minimum Gasteiger partial charge on any atom is -0.459 e. The number of esters is 1. The summed E-state index contributed by atoms with van der Waals surface area (Å²) in [5.74, 6) is -1.53. The predicted molar refractivity (Wildman–Crippen MR) is 98.0 cm³/mol. The predicted octanol–water partition coefficient (Wildman–Crippen LogP) is 2.20. The number of nitrogens with one attached hydrogen (secondary N) is 2. The maximum Gasteiger partial charge on any atom is 0.328 e. The molecule has 0 spiro atoms. The number of carbonyl (C=O) groups is 3. The van der Waals surface area contributed by atoms with Gasteiger partial charge in [-0.15, -0.1) is 11.8 Å². The molecule has 1 aromatic heterocycles. The van der Waals surface area contributed by atoms with E-state index in [2.05, 4.69) is 10.6 Å².